The Morgan fingerprint density at radius 2 is 2.10 bits per heavy atom. The predicted molar refractivity (Wildman–Crippen MR) is 73.6 cm³/mol. The fourth-order valence-corrected chi connectivity index (χ4v) is 1.96. The SMILES string of the molecule is Cc1[nH]c(=O)c(C(=O)NCCn2ccnn2)c(C)c1C. The van der Waals surface area contributed by atoms with Crippen molar-refractivity contribution in [1.29, 1.82) is 0 Å². The molecule has 0 bridgehead atoms. The Kier molecular flexibility index (Phi) is 3.97. The Morgan fingerprint density at radius 3 is 2.75 bits per heavy atom. The van der Waals surface area contributed by atoms with E-state index in [1.54, 1.807) is 24.0 Å². The van der Waals surface area contributed by atoms with Gasteiger partial charge in [-0.05, 0) is 31.9 Å². The highest BCUT2D eigenvalue weighted by Crippen LogP contribution is 2.11. The summed E-state index contributed by atoms with van der Waals surface area (Å²) in [6, 6.07) is 0. The lowest BCUT2D eigenvalue weighted by atomic mass is 10.0. The van der Waals surface area contributed by atoms with E-state index < -0.39 is 0 Å². The van der Waals surface area contributed by atoms with Crippen LogP contribution in [0, 0.1) is 20.8 Å². The Labute approximate surface area is 116 Å². The summed E-state index contributed by atoms with van der Waals surface area (Å²) in [4.78, 5) is 26.7. The van der Waals surface area contributed by atoms with Crippen LogP contribution in [0.4, 0.5) is 0 Å². The van der Waals surface area contributed by atoms with E-state index in [0.717, 1.165) is 11.3 Å². The molecule has 2 aromatic heterocycles. The molecule has 0 saturated carbocycles. The highest BCUT2D eigenvalue weighted by atomic mass is 16.2. The average Bonchev–Trinajstić information content (AvgIpc) is 2.89. The second-order valence-electron chi connectivity index (χ2n) is 4.63. The van der Waals surface area contributed by atoms with Crippen LogP contribution in [0.1, 0.15) is 27.2 Å². The molecule has 106 valence electrons. The van der Waals surface area contributed by atoms with Gasteiger partial charge < -0.3 is 10.3 Å². The molecule has 0 spiro atoms. The van der Waals surface area contributed by atoms with Gasteiger partial charge in [0.05, 0.1) is 12.7 Å². The molecule has 7 heteroatoms. The van der Waals surface area contributed by atoms with Crippen LogP contribution in [0.2, 0.25) is 0 Å². The van der Waals surface area contributed by atoms with Crippen molar-refractivity contribution in [3.8, 4) is 0 Å². The number of hydrogen-bond acceptors (Lipinski definition) is 4. The summed E-state index contributed by atoms with van der Waals surface area (Å²) >= 11 is 0. The molecule has 2 heterocycles. The molecule has 7 nitrogen and oxygen atoms in total. The van der Waals surface area contributed by atoms with Crippen LogP contribution in [0.3, 0.4) is 0 Å². The van der Waals surface area contributed by atoms with Crippen LogP contribution in [-0.4, -0.2) is 32.4 Å². The first-order valence-corrected chi connectivity index (χ1v) is 6.33. The molecule has 2 rings (SSSR count). The van der Waals surface area contributed by atoms with Gasteiger partial charge in [-0.1, -0.05) is 5.21 Å². The molecule has 0 aliphatic carbocycles. The fourth-order valence-electron chi connectivity index (χ4n) is 1.96. The van der Waals surface area contributed by atoms with Gasteiger partial charge in [-0.25, -0.2) is 0 Å². The number of amides is 1. The van der Waals surface area contributed by atoms with Crippen molar-refractivity contribution in [2.45, 2.75) is 27.3 Å². The maximum atomic E-state index is 12.1. The number of carbonyl (C=O) groups is 1. The van der Waals surface area contributed by atoms with E-state index in [4.69, 9.17) is 0 Å². The molecule has 0 saturated heterocycles. The van der Waals surface area contributed by atoms with Crippen molar-refractivity contribution in [3.63, 3.8) is 0 Å². The largest absolute Gasteiger partial charge is 0.350 e. The minimum Gasteiger partial charge on any atom is -0.350 e. The maximum absolute atomic E-state index is 12.1. The first-order chi connectivity index (χ1) is 9.50. The number of carbonyl (C=O) groups excluding carboxylic acids is 1. The summed E-state index contributed by atoms with van der Waals surface area (Å²) in [5.41, 5.74) is 2.23. The van der Waals surface area contributed by atoms with Gasteiger partial charge in [0.2, 0.25) is 0 Å². The van der Waals surface area contributed by atoms with Crippen LogP contribution in [0.5, 0.6) is 0 Å². The number of aryl methyl sites for hydroxylation is 1. The Hall–Kier alpha value is -2.44. The zero-order valence-corrected chi connectivity index (χ0v) is 11.7. The van der Waals surface area contributed by atoms with Gasteiger partial charge >= 0.3 is 0 Å². The second kappa shape index (κ2) is 5.68. The van der Waals surface area contributed by atoms with Crippen LogP contribution in [0.15, 0.2) is 17.2 Å². The molecule has 2 N–H and O–H groups in total. The van der Waals surface area contributed by atoms with Crippen molar-refractivity contribution < 1.29 is 4.79 Å². The van der Waals surface area contributed by atoms with E-state index in [2.05, 4.69) is 20.6 Å². The summed E-state index contributed by atoms with van der Waals surface area (Å²) in [6.07, 6.45) is 3.28. The lowest BCUT2D eigenvalue weighted by Crippen LogP contribution is -2.33. The lowest BCUT2D eigenvalue weighted by Gasteiger charge is -2.10. The first-order valence-electron chi connectivity index (χ1n) is 6.33. The van der Waals surface area contributed by atoms with Crippen LogP contribution < -0.4 is 10.9 Å². The number of H-pyrrole nitrogens is 1. The zero-order chi connectivity index (χ0) is 14.7. The van der Waals surface area contributed by atoms with Gasteiger partial charge in [-0.3, -0.25) is 14.3 Å². The van der Waals surface area contributed by atoms with Crippen molar-refractivity contribution in [1.82, 2.24) is 25.3 Å². The number of rotatable bonds is 4. The number of aromatic nitrogens is 4. The quantitative estimate of drug-likeness (QED) is 0.840. The first kappa shape index (κ1) is 14.0. The van der Waals surface area contributed by atoms with E-state index in [-0.39, 0.29) is 17.0 Å². The van der Waals surface area contributed by atoms with E-state index in [0.29, 0.717) is 18.7 Å². The molecule has 0 aliphatic heterocycles. The Bertz CT molecular complexity index is 673. The third-order valence-electron chi connectivity index (χ3n) is 3.35. The summed E-state index contributed by atoms with van der Waals surface area (Å²) in [5, 5.41) is 10.2. The molecule has 20 heavy (non-hydrogen) atoms. The molecule has 0 unspecified atom stereocenters. The highest BCUT2D eigenvalue weighted by molar-refractivity contribution is 5.95. The monoisotopic (exact) mass is 275 g/mol. The van der Waals surface area contributed by atoms with Gasteiger partial charge in [-0.2, -0.15) is 0 Å². The fraction of sp³-hybridized carbons (Fsp3) is 0.385. The topological polar surface area (TPSA) is 92.7 Å². The molecular weight excluding hydrogens is 258 g/mol. The van der Waals surface area contributed by atoms with E-state index in [1.807, 2.05) is 13.8 Å². The minimum absolute atomic E-state index is 0.173. The van der Waals surface area contributed by atoms with Crippen LogP contribution in [0.25, 0.3) is 0 Å². The van der Waals surface area contributed by atoms with Crippen LogP contribution in [-0.2, 0) is 6.54 Å². The summed E-state index contributed by atoms with van der Waals surface area (Å²) < 4.78 is 1.61. The Balaban J connectivity index is 2.10. The smallest absolute Gasteiger partial charge is 0.261 e. The molecule has 0 atom stereocenters. The number of nitrogens with zero attached hydrogens (tertiary/aromatic N) is 3. The lowest BCUT2D eigenvalue weighted by molar-refractivity contribution is 0.0949. The van der Waals surface area contributed by atoms with Gasteiger partial charge in [-0.15, -0.1) is 5.10 Å². The molecule has 2 aromatic rings. The summed E-state index contributed by atoms with van der Waals surface area (Å²) in [5.74, 6) is -0.369. The molecular formula is C13H17N5O2. The van der Waals surface area contributed by atoms with Crippen molar-refractivity contribution in [2.75, 3.05) is 6.54 Å². The van der Waals surface area contributed by atoms with Crippen molar-refractivity contribution in [3.05, 3.63) is 45.1 Å². The number of pyridine rings is 1. The zero-order valence-electron chi connectivity index (χ0n) is 11.7. The third kappa shape index (κ3) is 2.76. The molecule has 0 aliphatic rings. The predicted octanol–water partition coefficient (Wildman–Crippen LogP) is 0.322. The highest BCUT2D eigenvalue weighted by Gasteiger charge is 2.16. The normalized spacial score (nSPS) is 10.6. The van der Waals surface area contributed by atoms with Gasteiger partial charge in [0.15, 0.2) is 0 Å². The van der Waals surface area contributed by atoms with Gasteiger partial charge in [0.25, 0.3) is 11.5 Å². The average molecular weight is 275 g/mol. The molecule has 1 amide bonds. The second-order valence-corrected chi connectivity index (χ2v) is 4.63. The summed E-state index contributed by atoms with van der Waals surface area (Å²) in [7, 11) is 0. The number of nitrogens with one attached hydrogen (secondary N) is 2. The maximum Gasteiger partial charge on any atom is 0.261 e. The van der Waals surface area contributed by atoms with Gasteiger partial charge in [0, 0.05) is 18.4 Å². The number of hydrogen-bond donors (Lipinski definition) is 2. The van der Waals surface area contributed by atoms with Gasteiger partial charge in [0.1, 0.15) is 5.56 Å². The minimum atomic E-state index is -0.369. The third-order valence-corrected chi connectivity index (χ3v) is 3.35. The van der Waals surface area contributed by atoms with Crippen molar-refractivity contribution in [2.24, 2.45) is 0 Å². The molecule has 0 aromatic carbocycles. The van der Waals surface area contributed by atoms with Crippen LogP contribution >= 0.6 is 0 Å². The number of aromatic amines is 1. The summed E-state index contributed by atoms with van der Waals surface area (Å²) in [6.45, 7) is 6.37. The molecule has 0 fully saturated rings. The molecule has 0 radical (unpaired) electrons. The Morgan fingerprint density at radius 1 is 1.35 bits per heavy atom. The van der Waals surface area contributed by atoms with E-state index in [1.165, 1.54) is 0 Å². The van der Waals surface area contributed by atoms with E-state index in [9.17, 15) is 9.59 Å². The van der Waals surface area contributed by atoms with Crippen molar-refractivity contribution >= 4 is 5.91 Å². The van der Waals surface area contributed by atoms with E-state index >= 15 is 0 Å². The standard InChI is InChI=1S/C13H17N5O2/c1-8-9(2)11(13(20)16-10(8)3)12(19)14-4-6-18-7-5-15-17-18/h5,7H,4,6H2,1-3H3,(H,14,19)(H,16,20).